The van der Waals surface area contributed by atoms with Gasteiger partial charge in [0.1, 0.15) is 0 Å². The Morgan fingerprint density at radius 3 is 2.36 bits per heavy atom. The lowest BCUT2D eigenvalue weighted by Gasteiger charge is -2.41. The maximum absolute atomic E-state index is 5.47. The van der Waals surface area contributed by atoms with Crippen molar-refractivity contribution in [2.45, 2.75) is 47.0 Å². The first-order valence-electron chi connectivity index (χ1n) is 6.03. The van der Waals surface area contributed by atoms with E-state index in [9.17, 15) is 0 Å². The van der Waals surface area contributed by atoms with E-state index in [2.05, 4.69) is 27.7 Å². The Hall–Kier alpha value is -0.0400. The molecule has 1 aliphatic carbocycles. The van der Waals surface area contributed by atoms with E-state index in [1.807, 2.05) is 7.11 Å². The molecule has 84 valence electrons. The molecule has 2 atom stereocenters. The summed E-state index contributed by atoms with van der Waals surface area (Å²) in [4.78, 5) is 0. The molecule has 1 saturated carbocycles. The van der Waals surface area contributed by atoms with Crippen molar-refractivity contribution in [3.63, 3.8) is 0 Å². The standard InChI is InChI=1S/C13H26O/c1-10(2)12-7-6-8-13(12,9-14-5)11(3)4/h10-12H,6-9H2,1-5H3. The Labute approximate surface area is 89.2 Å². The molecule has 0 aromatic heterocycles. The summed E-state index contributed by atoms with van der Waals surface area (Å²) in [5.41, 5.74) is 0.461. The Kier molecular flexibility index (Phi) is 4.00. The average Bonchev–Trinajstić information content (AvgIpc) is 2.50. The molecule has 0 amide bonds. The summed E-state index contributed by atoms with van der Waals surface area (Å²) in [6.07, 6.45) is 4.16. The third-order valence-electron chi connectivity index (χ3n) is 4.26. The molecule has 0 aromatic rings. The topological polar surface area (TPSA) is 9.23 Å². The zero-order chi connectivity index (χ0) is 10.8. The summed E-state index contributed by atoms with van der Waals surface area (Å²) in [7, 11) is 1.85. The van der Waals surface area contributed by atoms with Crippen LogP contribution in [0.1, 0.15) is 47.0 Å². The molecule has 0 heterocycles. The molecule has 0 bridgehead atoms. The van der Waals surface area contributed by atoms with Crippen molar-refractivity contribution in [2.24, 2.45) is 23.2 Å². The van der Waals surface area contributed by atoms with Crippen molar-refractivity contribution in [3.8, 4) is 0 Å². The van der Waals surface area contributed by atoms with Crippen LogP contribution in [0.2, 0.25) is 0 Å². The van der Waals surface area contributed by atoms with Gasteiger partial charge in [0.25, 0.3) is 0 Å². The van der Waals surface area contributed by atoms with E-state index < -0.39 is 0 Å². The first-order chi connectivity index (χ1) is 6.54. The van der Waals surface area contributed by atoms with E-state index in [-0.39, 0.29) is 0 Å². The quantitative estimate of drug-likeness (QED) is 0.669. The van der Waals surface area contributed by atoms with Crippen molar-refractivity contribution in [2.75, 3.05) is 13.7 Å². The zero-order valence-corrected chi connectivity index (χ0v) is 10.5. The Morgan fingerprint density at radius 2 is 1.93 bits per heavy atom. The second-order valence-corrected chi connectivity index (χ2v) is 5.56. The van der Waals surface area contributed by atoms with Gasteiger partial charge in [0.05, 0.1) is 6.61 Å². The highest BCUT2D eigenvalue weighted by Crippen LogP contribution is 2.51. The molecule has 0 radical (unpaired) electrons. The lowest BCUT2D eigenvalue weighted by atomic mass is 9.66. The normalized spacial score (nSPS) is 33.2. The summed E-state index contributed by atoms with van der Waals surface area (Å²) in [5.74, 6) is 2.41. The highest BCUT2D eigenvalue weighted by atomic mass is 16.5. The zero-order valence-electron chi connectivity index (χ0n) is 10.5. The molecule has 1 rings (SSSR count). The SMILES string of the molecule is COCC1(C(C)C)CCCC1C(C)C. The minimum absolute atomic E-state index is 0.461. The molecule has 0 aliphatic heterocycles. The van der Waals surface area contributed by atoms with Crippen LogP contribution in [0, 0.1) is 23.2 Å². The first kappa shape index (κ1) is 12.0. The van der Waals surface area contributed by atoms with Crippen LogP contribution >= 0.6 is 0 Å². The molecule has 1 heteroatoms. The number of rotatable bonds is 4. The third kappa shape index (κ3) is 1.98. The van der Waals surface area contributed by atoms with E-state index in [1.165, 1.54) is 19.3 Å². The maximum atomic E-state index is 5.47. The van der Waals surface area contributed by atoms with Gasteiger partial charge in [-0.2, -0.15) is 0 Å². The molecule has 0 N–H and O–H groups in total. The second-order valence-electron chi connectivity index (χ2n) is 5.56. The number of ether oxygens (including phenoxy) is 1. The average molecular weight is 198 g/mol. The van der Waals surface area contributed by atoms with Crippen molar-refractivity contribution < 1.29 is 4.74 Å². The molecule has 1 aliphatic rings. The van der Waals surface area contributed by atoms with Gasteiger partial charge in [0, 0.05) is 7.11 Å². The Bertz CT molecular complexity index is 174. The Morgan fingerprint density at radius 1 is 1.29 bits per heavy atom. The van der Waals surface area contributed by atoms with Crippen LogP contribution in [0.5, 0.6) is 0 Å². The summed E-state index contributed by atoms with van der Waals surface area (Å²) < 4.78 is 5.47. The predicted molar refractivity (Wildman–Crippen MR) is 61.3 cm³/mol. The highest BCUT2D eigenvalue weighted by Gasteiger charge is 2.46. The Balaban J connectivity index is 2.83. The first-order valence-corrected chi connectivity index (χ1v) is 6.03. The minimum Gasteiger partial charge on any atom is -0.384 e. The smallest absolute Gasteiger partial charge is 0.0523 e. The number of methoxy groups -OCH3 is 1. The molecule has 2 unspecified atom stereocenters. The van der Waals surface area contributed by atoms with Crippen LogP contribution < -0.4 is 0 Å². The molecule has 1 nitrogen and oxygen atoms in total. The monoisotopic (exact) mass is 198 g/mol. The predicted octanol–water partition coefficient (Wildman–Crippen LogP) is 3.73. The van der Waals surface area contributed by atoms with Gasteiger partial charge in [-0.05, 0) is 36.0 Å². The minimum atomic E-state index is 0.461. The van der Waals surface area contributed by atoms with Crippen LogP contribution in [0.25, 0.3) is 0 Å². The van der Waals surface area contributed by atoms with Gasteiger partial charge in [0.15, 0.2) is 0 Å². The summed E-state index contributed by atoms with van der Waals surface area (Å²) in [6.45, 7) is 10.4. The van der Waals surface area contributed by atoms with Gasteiger partial charge in [0.2, 0.25) is 0 Å². The van der Waals surface area contributed by atoms with E-state index in [4.69, 9.17) is 4.74 Å². The highest BCUT2D eigenvalue weighted by molar-refractivity contribution is 4.95. The van der Waals surface area contributed by atoms with E-state index >= 15 is 0 Å². The van der Waals surface area contributed by atoms with Gasteiger partial charge >= 0.3 is 0 Å². The van der Waals surface area contributed by atoms with Crippen molar-refractivity contribution in [1.82, 2.24) is 0 Å². The van der Waals surface area contributed by atoms with Crippen molar-refractivity contribution in [1.29, 1.82) is 0 Å². The van der Waals surface area contributed by atoms with E-state index in [0.29, 0.717) is 5.41 Å². The molecular formula is C13H26O. The van der Waals surface area contributed by atoms with Crippen LogP contribution in [0.4, 0.5) is 0 Å². The fraction of sp³-hybridized carbons (Fsp3) is 1.00. The van der Waals surface area contributed by atoms with Gasteiger partial charge in [-0.1, -0.05) is 34.1 Å². The number of hydrogen-bond acceptors (Lipinski definition) is 1. The maximum Gasteiger partial charge on any atom is 0.0523 e. The molecular weight excluding hydrogens is 172 g/mol. The van der Waals surface area contributed by atoms with Gasteiger partial charge in [-0.3, -0.25) is 0 Å². The lowest BCUT2D eigenvalue weighted by Crippen LogP contribution is -2.38. The molecule has 0 saturated heterocycles. The molecule has 1 fully saturated rings. The largest absolute Gasteiger partial charge is 0.384 e. The lowest BCUT2D eigenvalue weighted by molar-refractivity contribution is -0.00423. The van der Waals surface area contributed by atoms with Gasteiger partial charge in [-0.15, -0.1) is 0 Å². The molecule has 14 heavy (non-hydrogen) atoms. The molecule has 0 spiro atoms. The van der Waals surface area contributed by atoms with Crippen molar-refractivity contribution >= 4 is 0 Å². The van der Waals surface area contributed by atoms with Crippen LogP contribution in [-0.2, 0) is 4.74 Å². The van der Waals surface area contributed by atoms with Crippen LogP contribution in [0.15, 0.2) is 0 Å². The van der Waals surface area contributed by atoms with E-state index in [0.717, 1.165) is 24.4 Å². The fourth-order valence-electron chi connectivity index (χ4n) is 3.45. The fourth-order valence-corrected chi connectivity index (χ4v) is 3.45. The van der Waals surface area contributed by atoms with Gasteiger partial charge in [-0.25, -0.2) is 0 Å². The van der Waals surface area contributed by atoms with Gasteiger partial charge < -0.3 is 4.74 Å². The van der Waals surface area contributed by atoms with Crippen LogP contribution in [-0.4, -0.2) is 13.7 Å². The molecule has 0 aromatic carbocycles. The van der Waals surface area contributed by atoms with Crippen molar-refractivity contribution in [3.05, 3.63) is 0 Å². The number of hydrogen-bond donors (Lipinski definition) is 0. The third-order valence-corrected chi connectivity index (χ3v) is 4.26. The summed E-state index contributed by atoms with van der Waals surface area (Å²) in [5, 5.41) is 0. The summed E-state index contributed by atoms with van der Waals surface area (Å²) >= 11 is 0. The second kappa shape index (κ2) is 4.65. The van der Waals surface area contributed by atoms with E-state index in [1.54, 1.807) is 0 Å². The van der Waals surface area contributed by atoms with Crippen LogP contribution in [0.3, 0.4) is 0 Å². The summed E-state index contributed by atoms with van der Waals surface area (Å²) in [6, 6.07) is 0.